The van der Waals surface area contributed by atoms with E-state index >= 15 is 0 Å². The SMILES string of the molecule is Nc1ccc(C(=O)NCC2CC2)c(Cl)c1. The lowest BCUT2D eigenvalue weighted by Crippen LogP contribution is -2.25. The molecule has 0 aromatic heterocycles. The maximum absolute atomic E-state index is 11.7. The van der Waals surface area contributed by atoms with Gasteiger partial charge in [0.15, 0.2) is 0 Å². The molecule has 1 aromatic rings. The van der Waals surface area contributed by atoms with E-state index in [1.54, 1.807) is 18.2 Å². The van der Waals surface area contributed by atoms with Crippen LogP contribution in [0.25, 0.3) is 0 Å². The standard InChI is InChI=1S/C11H13ClN2O/c12-10-5-8(13)3-4-9(10)11(15)14-6-7-1-2-7/h3-5,7H,1-2,6,13H2,(H,14,15). The number of nitrogens with two attached hydrogens (primary N) is 1. The van der Waals surface area contributed by atoms with Gasteiger partial charge in [-0.1, -0.05) is 11.6 Å². The molecule has 0 saturated heterocycles. The maximum Gasteiger partial charge on any atom is 0.252 e. The van der Waals surface area contributed by atoms with E-state index in [0.29, 0.717) is 22.2 Å². The largest absolute Gasteiger partial charge is 0.399 e. The van der Waals surface area contributed by atoms with Gasteiger partial charge in [0, 0.05) is 12.2 Å². The first kappa shape index (κ1) is 10.3. The molecule has 0 aliphatic heterocycles. The van der Waals surface area contributed by atoms with Crippen molar-refractivity contribution in [1.82, 2.24) is 5.32 Å². The molecule has 1 aliphatic rings. The number of carbonyl (C=O) groups is 1. The number of anilines is 1. The zero-order valence-corrected chi connectivity index (χ0v) is 9.05. The molecular formula is C11H13ClN2O. The van der Waals surface area contributed by atoms with Crippen molar-refractivity contribution >= 4 is 23.2 Å². The zero-order chi connectivity index (χ0) is 10.8. The first-order valence-corrected chi connectivity index (χ1v) is 5.38. The molecule has 1 aromatic carbocycles. The van der Waals surface area contributed by atoms with Crippen LogP contribution in [0.4, 0.5) is 5.69 Å². The Bertz CT molecular complexity index is 388. The van der Waals surface area contributed by atoms with Crippen LogP contribution in [0.5, 0.6) is 0 Å². The number of benzene rings is 1. The predicted octanol–water partition coefficient (Wildman–Crippen LogP) is 2.06. The third kappa shape index (κ3) is 2.63. The molecule has 0 spiro atoms. The molecule has 0 heterocycles. The first-order valence-electron chi connectivity index (χ1n) is 5.00. The summed E-state index contributed by atoms with van der Waals surface area (Å²) in [6.07, 6.45) is 2.44. The lowest BCUT2D eigenvalue weighted by Gasteiger charge is -2.06. The van der Waals surface area contributed by atoms with E-state index in [9.17, 15) is 4.79 Å². The number of hydrogen-bond donors (Lipinski definition) is 2. The van der Waals surface area contributed by atoms with Crippen molar-refractivity contribution in [2.24, 2.45) is 5.92 Å². The van der Waals surface area contributed by atoms with Crippen LogP contribution in [0.15, 0.2) is 18.2 Å². The topological polar surface area (TPSA) is 55.1 Å². The molecule has 3 nitrogen and oxygen atoms in total. The van der Waals surface area contributed by atoms with E-state index < -0.39 is 0 Å². The fourth-order valence-electron chi connectivity index (χ4n) is 1.37. The second-order valence-electron chi connectivity index (χ2n) is 3.89. The zero-order valence-electron chi connectivity index (χ0n) is 8.29. The van der Waals surface area contributed by atoms with Crippen molar-refractivity contribution in [1.29, 1.82) is 0 Å². The second-order valence-corrected chi connectivity index (χ2v) is 4.30. The molecule has 15 heavy (non-hydrogen) atoms. The molecule has 1 amide bonds. The molecule has 1 fully saturated rings. The minimum Gasteiger partial charge on any atom is -0.399 e. The summed E-state index contributed by atoms with van der Waals surface area (Å²) < 4.78 is 0. The molecule has 0 unspecified atom stereocenters. The summed E-state index contributed by atoms with van der Waals surface area (Å²) in [5.74, 6) is 0.549. The molecule has 4 heteroatoms. The van der Waals surface area contributed by atoms with Crippen LogP contribution in [0.1, 0.15) is 23.2 Å². The Hall–Kier alpha value is -1.22. The number of rotatable bonds is 3. The van der Waals surface area contributed by atoms with Crippen LogP contribution in [0, 0.1) is 5.92 Å². The van der Waals surface area contributed by atoms with Gasteiger partial charge >= 0.3 is 0 Å². The maximum atomic E-state index is 11.7. The molecule has 1 aliphatic carbocycles. The summed E-state index contributed by atoms with van der Waals surface area (Å²) in [7, 11) is 0. The molecule has 1 saturated carbocycles. The first-order chi connectivity index (χ1) is 7.16. The molecule has 80 valence electrons. The summed E-state index contributed by atoms with van der Waals surface area (Å²) in [6.45, 7) is 0.750. The van der Waals surface area contributed by atoms with Gasteiger partial charge in [-0.25, -0.2) is 0 Å². The van der Waals surface area contributed by atoms with E-state index in [-0.39, 0.29) is 5.91 Å². The number of nitrogen functional groups attached to an aromatic ring is 1. The van der Waals surface area contributed by atoms with Crippen LogP contribution in [-0.2, 0) is 0 Å². The average Bonchev–Trinajstić information content (AvgIpc) is 2.97. The smallest absolute Gasteiger partial charge is 0.252 e. The molecule has 0 radical (unpaired) electrons. The summed E-state index contributed by atoms with van der Waals surface area (Å²) >= 11 is 5.91. The molecular weight excluding hydrogens is 212 g/mol. The monoisotopic (exact) mass is 224 g/mol. The lowest BCUT2D eigenvalue weighted by atomic mass is 10.2. The molecule has 2 rings (SSSR count). The highest BCUT2D eigenvalue weighted by molar-refractivity contribution is 6.34. The summed E-state index contributed by atoms with van der Waals surface area (Å²) in [5, 5.41) is 3.26. The summed E-state index contributed by atoms with van der Waals surface area (Å²) in [4.78, 5) is 11.7. The van der Waals surface area contributed by atoms with Crippen LogP contribution in [0.2, 0.25) is 5.02 Å². The third-order valence-electron chi connectivity index (χ3n) is 2.49. The van der Waals surface area contributed by atoms with E-state index in [1.807, 2.05) is 0 Å². The van der Waals surface area contributed by atoms with Crippen molar-refractivity contribution < 1.29 is 4.79 Å². The predicted molar refractivity (Wildman–Crippen MR) is 60.9 cm³/mol. The number of hydrogen-bond acceptors (Lipinski definition) is 2. The Morgan fingerprint density at radius 1 is 1.53 bits per heavy atom. The third-order valence-corrected chi connectivity index (χ3v) is 2.80. The molecule has 0 atom stereocenters. The average molecular weight is 225 g/mol. The van der Waals surface area contributed by atoms with Gasteiger partial charge in [-0.05, 0) is 37.0 Å². The van der Waals surface area contributed by atoms with Crippen molar-refractivity contribution in [2.45, 2.75) is 12.8 Å². The van der Waals surface area contributed by atoms with E-state index in [1.165, 1.54) is 12.8 Å². The number of amides is 1. The van der Waals surface area contributed by atoms with E-state index in [0.717, 1.165) is 6.54 Å². The van der Waals surface area contributed by atoms with Crippen LogP contribution >= 0.6 is 11.6 Å². The normalized spacial score (nSPS) is 15.0. The highest BCUT2D eigenvalue weighted by atomic mass is 35.5. The van der Waals surface area contributed by atoms with Crippen LogP contribution in [0.3, 0.4) is 0 Å². The highest BCUT2D eigenvalue weighted by Crippen LogP contribution is 2.28. The summed E-state index contributed by atoms with van der Waals surface area (Å²) in [6, 6.07) is 4.92. The van der Waals surface area contributed by atoms with Gasteiger partial charge in [0.05, 0.1) is 10.6 Å². The van der Waals surface area contributed by atoms with E-state index in [2.05, 4.69) is 5.32 Å². The van der Waals surface area contributed by atoms with Crippen LogP contribution < -0.4 is 11.1 Å². The minimum atomic E-state index is -0.119. The highest BCUT2D eigenvalue weighted by Gasteiger charge is 2.22. The van der Waals surface area contributed by atoms with Crippen molar-refractivity contribution in [3.8, 4) is 0 Å². The van der Waals surface area contributed by atoms with Gasteiger partial charge in [-0.3, -0.25) is 4.79 Å². The summed E-state index contributed by atoms with van der Waals surface area (Å²) in [5.41, 5.74) is 6.60. The van der Waals surface area contributed by atoms with Crippen molar-refractivity contribution in [3.05, 3.63) is 28.8 Å². The minimum absolute atomic E-state index is 0.119. The van der Waals surface area contributed by atoms with Gasteiger partial charge < -0.3 is 11.1 Å². The Labute approximate surface area is 93.6 Å². The molecule has 0 bridgehead atoms. The Morgan fingerprint density at radius 2 is 2.27 bits per heavy atom. The number of nitrogens with one attached hydrogen (secondary N) is 1. The lowest BCUT2D eigenvalue weighted by molar-refractivity contribution is 0.0952. The second kappa shape index (κ2) is 4.11. The Kier molecular flexibility index (Phi) is 2.82. The van der Waals surface area contributed by atoms with Crippen molar-refractivity contribution in [2.75, 3.05) is 12.3 Å². The van der Waals surface area contributed by atoms with Gasteiger partial charge in [-0.2, -0.15) is 0 Å². The quantitative estimate of drug-likeness (QED) is 0.773. The fraction of sp³-hybridized carbons (Fsp3) is 0.364. The molecule has 3 N–H and O–H groups in total. The number of carbonyl (C=O) groups excluding carboxylic acids is 1. The number of halogens is 1. The van der Waals surface area contributed by atoms with Gasteiger partial charge in [0.25, 0.3) is 5.91 Å². The van der Waals surface area contributed by atoms with Crippen LogP contribution in [-0.4, -0.2) is 12.5 Å². The fourth-order valence-corrected chi connectivity index (χ4v) is 1.64. The van der Waals surface area contributed by atoms with E-state index in [4.69, 9.17) is 17.3 Å². The Balaban J connectivity index is 2.03. The van der Waals surface area contributed by atoms with Crippen molar-refractivity contribution in [3.63, 3.8) is 0 Å². The Morgan fingerprint density at radius 3 is 2.87 bits per heavy atom. The van der Waals surface area contributed by atoms with Gasteiger partial charge in [0.2, 0.25) is 0 Å². The van der Waals surface area contributed by atoms with Gasteiger partial charge in [0.1, 0.15) is 0 Å². The van der Waals surface area contributed by atoms with Gasteiger partial charge in [-0.15, -0.1) is 0 Å².